The van der Waals surface area contributed by atoms with Crippen LogP contribution in [0.4, 0.5) is 13.2 Å². The van der Waals surface area contributed by atoms with Gasteiger partial charge in [0.15, 0.2) is 0 Å². The molecular weight excluding hydrogens is 437 g/mol. The zero-order valence-electron chi connectivity index (χ0n) is 18.0. The second kappa shape index (κ2) is 12.0. The number of aryl methyl sites for hydroxylation is 1. The molecule has 1 aliphatic heterocycles. The Morgan fingerprint density at radius 1 is 1.27 bits per heavy atom. The van der Waals surface area contributed by atoms with E-state index in [1.54, 1.807) is 6.20 Å². The number of nitrogens with zero attached hydrogens (tertiary/aromatic N) is 2. The van der Waals surface area contributed by atoms with E-state index in [0.717, 1.165) is 48.2 Å². The number of pyridine rings is 1. The molecule has 0 bridgehead atoms. The van der Waals surface area contributed by atoms with E-state index in [9.17, 15) is 23.2 Å². The molecule has 1 aromatic heterocycles. The Balaban J connectivity index is 0.000000479. The van der Waals surface area contributed by atoms with Crippen molar-refractivity contribution in [3.8, 4) is 17.2 Å². The molecule has 2 atom stereocenters. The van der Waals surface area contributed by atoms with Crippen LogP contribution in [0.3, 0.4) is 0 Å². The summed E-state index contributed by atoms with van der Waals surface area (Å²) >= 11 is 0. The van der Waals surface area contributed by atoms with Gasteiger partial charge in [0, 0.05) is 23.9 Å². The number of amides is 1. The molecule has 0 radical (unpaired) electrons. The van der Waals surface area contributed by atoms with Gasteiger partial charge in [-0.2, -0.15) is 18.4 Å². The Hall–Kier alpha value is -3.45. The Kier molecular flexibility index (Phi) is 9.36. The van der Waals surface area contributed by atoms with Gasteiger partial charge in [-0.05, 0) is 43.5 Å². The summed E-state index contributed by atoms with van der Waals surface area (Å²) in [5, 5.41) is 22.6. The third kappa shape index (κ3) is 8.20. The summed E-state index contributed by atoms with van der Waals surface area (Å²) in [7, 11) is 0. The van der Waals surface area contributed by atoms with Gasteiger partial charge >= 0.3 is 12.1 Å². The number of carbonyl (C=O) groups is 2. The molecule has 3 N–H and O–H groups in total. The number of nitrogens with one attached hydrogen (secondary N) is 2. The number of piperidine rings is 1. The number of aliphatic carboxylic acids is 1. The Morgan fingerprint density at radius 2 is 1.94 bits per heavy atom. The topological polar surface area (TPSA) is 115 Å². The third-order valence-corrected chi connectivity index (χ3v) is 5.05. The Morgan fingerprint density at radius 3 is 2.45 bits per heavy atom. The third-order valence-electron chi connectivity index (χ3n) is 5.05. The number of carboxylic acids is 1. The largest absolute Gasteiger partial charge is 0.490 e. The van der Waals surface area contributed by atoms with E-state index in [0.29, 0.717) is 6.42 Å². The number of aromatic nitrogens is 1. The summed E-state index contributed by atoms with van der Waals surface area (Å²) in [6, 6.07) is 13.6. The lowest BCUT2D eigenvalue weighted by molar-refractivity contribution is -0.192. The van der Waals surface area contributed by atoms with Crippen molar-refractivity contribution >= 4 is 11.9 Å². The van der Waals surface area contributed by atoms with E-state index < -0.39 is 18.2 Å². The van der Waals surface area contributed by atoms with Crippen LogP contribution in [-0.4, -0.2) is 46.8 Å². The molecule has 2 heterocycles. The van der Waals surface area contributed by atoms with Crippen molar-refractivity contribution in [1.82, 2.24) is 15.6 Å². The van der Waals surface area contributed by atoms with E-state index in [1.807, 2.05) is 43.3 Å². The molecule has 1 aromatic carbocycles. The van der Waals surface area contributed by atoms with Crippen LogP contribution in [0.15, 0.2) is 42.6 Å². The van der Waals surface area contributed by atoms with Crippen molar-refractivity contribution < 1.29 is 27.9 Å². The van der Waals surface area contributed by atoms with Gasteiger partial charge in [0.2, 0.25) is 5.91 Å². The lowest BCUT2D eigenvalue weighted by Crippen LogP contribution is -2.49. The summed E-state index contributed by atoms with van der Waals surface area (Å²) in [6.07, 6.45) is 0.199. The highest BCUT2D eigenvalue weighted by atomic mass is 19.4. The van der Waals surface area contributed by atoms with Gasteiger partial charge in [0.25, 0.3) is 0 Å². The fourth-order valence-corrected chi connectivity index (χ4v) is 3.32. The molecule has 1 amide bonds. The SMILES string of the molecule is Cc1ncccc1-c1ccc(C[C@@H](C#N)NC(=O)[C@@H]2CCCCN2)cc1.O=C(O)C(F)(F)F. The minimum absolute atomic E-state index is 0.0705. The molecule has 7 nitrogen and oxygen atoms in total. The highest BCUT2D eigenvalue weighted by molar-refractivity contribution is 5.82. The van der Waals surface area contributed by atoms with Crippen LogP contribution in [0.1, 0.15) is 30.5 Å². The quantitative estimate of drug-likeness (QED) is 0.628. The minimum Gasteiger partial charge on any atom is -0.475 e. The number of hydrogen-bond acceptors (Lipinski definition) is 5. The van der Waals surface area contributed by atoms with E-state index in [2.05, 4.69) is 21.7 Å². The van der Waals surface area contributed by atoms with Gasteiger partial charge in [-0.25, -0.2) is 4.79 Å². The van der Waals surface area contributed by atoms with Gasteiger partial charge in [0.05, 0.1) is 12.1 Å². The van der Waals surface area contributed by atoms with Crippen molar-refractivity contribution in [3.05, 3.63) is 53.9 Å². The van der Waals surface area contributed by atoms with Crippen LogP contribution in [0, 0.1) is 18.3 Å². The maximum absolute atomic E-state index is 12.3. The Labute approximate surface area is 189 Å². The minimum atomic E-state index is -5.08. The van der Waals surface area contributed by atoms with Crippen LogP contribution < -0.4 is 10.6 Å². The average molecular weight is 462 g/mol. The molecule has 0 spiro atoms. The van der Waals surface area contributed by atoms with E-state index in [-0.39, 0.29) is 11.9 Å². The van der Waals surface area contributed by atoms with Crippen LogP contribution >= 0.6 is 0 Å². The standard InChI is InChI=1S/C21H24N4O.C2HF3O2/c1-15-19(5-4-12-23-15)17-9-7-16(8-10-17)13-18(14-22)25-21(26)20-6-2-3-11-24-20;3-2(4,5)1(6)7/h4-5,7-10,12,18,20,24H,2-3,6,11,13H2,1H3,(H,25,26);(H,6,7)/t18-,20-;/m0./s1. The number of halogens is 3. The van der Waals surface area contributed by atoms with Gasteiger partial charge in [-0.3, -0.25) is 9.78 Å². The number of alkyl halides is 3. The summed E-state index contributed by atoms with van der Waals surface area (Å²) < 4.78 is 31.7. The van der Waals surface area contributed by atoms with E-state index >= 15 is 0 Å². The molecule has 33 heavy (non-hydrogen) atoms. The van der Waals surface area contributed by atoms with Gasteiger partial charge in [-0.1, -0.05) is 36.8 Å². The molecule has 2 aromatic rings. The average Bonchev–Trinajstić information content (AvgIpc) is 2.80. The predicted octanol–water partition coefficient (Wildman–Crippen LogP) is 3.38. The maximum Gasteiger partial charge on any atom is 0.490 e. The van der Waals surface area contributed by atoms with Crippen LogP contribution in [0.5, 0.6) is 0 Å². The molecule has 0 saturated carbocycles. The summed E-state index contributed by atoms with van der Waals surface area (Å²) in [5.74, 6) is -2.83. The number of benzene rings is 1. The van der Waals surface area contributed by atoms with E-state index in [1.165, 1.54) is 0 Å². The van der Waals surface area contributed by atoms with Crippen LogP contribution in [-0.2, 0) is 16.0 Å². The van der Waals surface area contributed by atoms with Crippen molar-refractivity contribution in [2.75, 3.05) is 6.54 Å². The van der Waals surface area contributed by atoms with Gasteiger partial charge in [-0.15, -0.1) is 0 Å². The predicted molar refractivity (Wildman–Crippen MR) is 115 cm³/mol. The monoisotopic (exact) mass is 462 g/mol. The Bertz CT molecular complexity index is 982. The zero-order chi connectivity index (χ0) is 24.4. The lowest BCUT2D eigenvalue weighted by Gasteiger charge is -2.23. The van der Waals surface area contributed by atoms with Gasteiger partial charge < -0.3 is 15.7 Å². The van der Waals surface area contributed by atoms with Crippen molar-refractivity contribution in [2.24, 2.45) is 0 Å². The number of carboxylic acid groups (broad SMARTS) is 1. The molecule has 10 heteroatoms. The number of hydrogen-bond donors (Lipinski definition) is 3. The molecule has 1 aliphatic rings. The molecule has 0 aliphatic carbocycles. The molecule has 1 fully saturated rings. The maximum atomic E-state index is 12.3. The first-order valence-electron chi connectivity index (χ1n) is 10.4. The zero-order valence-corrected chi connectivity index (χ0v) is 18.0. The van der Waals surface area contributed by atoms with Crippen molar-refractivity contribution in [1.29, 1.82) is 5.26 Å². The summed E-state index contributed by atoms with van der Waals surface area (Å²) in [6.45, 7) is 2.86. The first kappa shape index (κ1) is 25.8. The molecule has 1 saturated heterocycles. The molecule has 176 valence electrons. The summed E-state index contributed by atoms with van der Waals surface area (Å²) in [5.41, 5.74) is 4.22. The second-order valence-corrected chi connectivity index (χ2v) is 7.53. The number of carbonyl (C=O) groups excluding carboxylic acids is 1. The fraction of sp³-hybridized carbons (Fsp3) is 0.391. The first-order valence-corrected chi connectivity index (χ1v) is 10.4. The number of nitriles is 1. The normalized spacial score (nSPS) is 16.5. The highest BCUT2D eigenvalue weighted by Crippen LogP contribution is 2.22. The molecular formula is C23H25F3N4O3. The van der Waals surface area contributed by atoms with Crippen LogP contribution in [0.2, 0.25) is 0 Å². The summed E-state index contributed by atoms with van der Waals surface area (Å²) in [4.78, 5) is 25.5. The van der Waals surface area contributed by atoms with Gasteiger partial charge in [0.1, 0.15) is 6.04 Å². The highest BCUT2D eigenvalue weighted by Gasteiger charge is 2.38. The van der Waals surface area contributed by atoms with Crippen molar-refractivity contribution in [3.63, 3.8) is 0 Å². The number of rotatable bonds is 5. The molecule has 0 unspecified atom stereocenters. The molecule has 3 rings (SSSR count). The second-order valence-electron chi connectivity index (χ2n) is 7.53. The van der Waals surface area contributed by atoms with Crippen LogP contribution in [0.25, 0.3) is 11.1 Å². The fourth-order valence-electron chi connectivity index (χ4n) is 3.32. The lowest BCUT2D eigenvalue weighted by atomic mass is 9.99. The van der Waals surface area contributed by atoms with Crippen molar-refractivity contribution in [2.45, 2.75) is 50.9 Å². The first-order chi connectivity index (χ1) is 15.6. The van der Waals surface area contributed by atoms with E-state index in [4.69, 9.17) is 9.90 Å². The smallest absolute Gasteiger partial charge is 0.475 e.